The molecule has 3 amide bonds. The predicted molar refractivity (Wildman–Crippen MR) is 117 cm³/mol. The number of ketones is 1. The molecule has 2 saturated heterocycles. The van der Waals surface area contributed by atoms with Gasteiger partial charge >= 0.3 is 0 Å². The molecule has 4 rings (SSSR count). The minimum absolute atomic E-state index is 0.0473. The monoisotopic (exact) mass is 440 g/mol. The summed E-state index contributed by atoms with van der Waals surface area (Å²) < 4.78 is 7.03. The fraction of sp³-hybridized carbons (Fsp3) is 0.478. The van der Waals surface area contributed by atoms with E-state index in [0.29, 0.717) is 57.6 Å². The number of Topliss-reactive ketones (excluding diaryl/α,β-unsaturated/α-hetero) is 1. The summed E-state index contributed by atoms with van der Waals surface area (Å²) in [5.41, 5.74) is 1.01. The number of likely N-dealkylation sites (tertiary alicyclic amines) is 1. The molecule has 1 aromatic carbocycles. The van der Waals surface area contributed by atoms with Crippen LogP contribution in [0.25, 0.3) is 10.9 Å². The zero-order chi connectivity index (χ0) is 22.5. The second kappa shape index (κ2) is 9.95. The maximum Gasteiger partial charge on any atom is 0.292 e. The van der Waals surface area contributed by atoms with Gasteiger partial charge in [0.05, 0.1) is 18.8 Å². The van der Waals surface area contributed by atoms with Crippen LogP contribution in [0.5, 0.6) is 0 Å². The standard InChI is InChI=1S/C23H28N4O5/c28-20-7-3-9-25(20)10-4-8-24-23(31)22(30)18-15-27(19-6-2-1-5-17(18)19)16-21(29)26-11-13-32-14-12-26/h1-2,5-6,15H,3-4,7-14,16H2,(H,24,31). The van der Waals surface area contributed by atoms with Crippen LogP contribution in [0.2, 0.25) is 0 Å². The van der Waals surface area contributed by atoms with Crippen molar-refractivity contribution in [2.75, 3.05) is 45.9 Å². The quantitative estimate of drug-likeness (QED) is 0.372. The molecule has 32 heavy (non-hydrogen) atoms. The summed E-state index contributed by atoms with van der Waals surface area (Å²) >= 11 is 0. The van der Waals surface area contributed by atoms with Gasteiger partial charge in [0, 0.05) is 56.2 Å². The Kier molecular flexibility index (Phi) is 6.84. The van der Waals surface area contributed by atoms with Gasteiger partial charge in [0.1, 0.15) is 6.54 Å². The van der Waals surface area contributed by atoms with Crippen molar-refractivity contribution >= 4 is 34.4 Å². The van der Waals surface area contributed by atoms with E-state index in [9.17, 15) is 19.2 Å². The van der Waals surface area contributed by atoms with Crippen LogP contribution in [0.3, 0.4) is 0 Å². The Morgan fingerprint density at radius 3 is 2.59 bits per heavy atom. The third kappa shape index (κ3) is 4.83. The Hall–Kier alpha value is -3.20. The molecule has 2 aliphatic heterocycles. The lowest BCUT2D eigenvalue weighted by Crippen LogP contribution is -2.42. The number of hydrogen-bond donors (Lipinski definition) is 1. The van der Waals surface area contributed by atoms with E-state index < -0.39 is 11.7 Å². The van der Waals surface area contributed by atoms with Gasteiger partial charge < -0.3 is 24.4 Å². The molecule has 1 aromatic heterocycles. The number of fused-ring (bicyclic) bond motifs is 1. The summed E-state index contributed by atoms with van der Waals surface area (Å²) in [5, 5.41) is 3.30. The second-order valence-corrected chi connectivity index (χ2v) is 8.10. The number of rotatable bonds is 8. The number of carbonyl (C=O) groups excluding carboxylic acids is 4. The molecule has 0 atom stereocenters. The molecule has 2 fully saturated rings. The fourth-order valence-corrected chi connectivity index (χ4v) is 4.23. The van der Waals surface area contributed by atoms with Crippen molar-refractivity contribution < 1.29 is 23.9 Å². The second-order valence-electron chi connectivity index (χ2n) is 8.10. The Labute approximate surface area is 186 Å². The smallest absolute Gasteiger partial charge is 0.292 e. The molecular weight excluding hydrogens is 412 g/mol. The number of ether oxygens (including phenoxy) is 1. The highest BCUT2D eigenvalue weighted by Crippen LogP contribution is 2.22. The first-order chi connectivity index (χ1) is 15.5. The van der Waals surface area contributed by atoms with Crippen molar-refractivity contribution in [2.45, 2.75) is 25.8 Å². The largest absolute Gasteiger partial charge is 0.378 e. The van der Waals surface area contributed by atoms with Gasteiger partial charge in [0.2, 0.25) is 11.8 Å². The Morgan fingerprint density at radius 1 is 1.06 bits per heavy atom. The number of hydrogen-bond acceptors (Lipinski definition) is 5. The van der Waals surface area contributed by atoms with Crippen molar-refractivity contribution in [3.8, 4) is 0 Å². The van der Waals surface area contributed by atoms with Gasteiger partial charge in [-0.25, -0.2) is 0 Å². The molecule has 0 unspecified atom stereocenters. The van der Waals surface area contributed by atoms with E-state index in [0.717, 1.165) is 18.5 Å². The lowest BCUT2D eigenvalue weighted by atomic mass is 10.1. The third-order valence-corrected chi connectivity index (χ3v) is 5.97. The van der Waals surface area contributed by atoms with E-state index in [1.165, 1.54) is 0 Å². The van der Waals surface area contributed by atoms with Gasteiger partial charge in [-0.1, -0.05) is 18.2 Å². The zero-order valence-corrected chi connectivity index (χ0v) is 18.0. The molecule has 2 aromatic rings. The number of nitrogens with zero attached hydrogens (tertiary/aromatic N) is 3. The van der Waals surface area contributed by atoms with Crippen molar-refractivity contribution in [2.24, 2.45) is 0 Å². The van der Waals surface area contributed by atoms with Gasteiger partial charge in [-0.15, -0.1) is 0 Å². The maximum absolute atomic E-state index is 12.9. The first kappa shape index (κ1) is 22.0. The molecule has 9 heteroatoms. The summed E-state index contributed by atoms with van der Waals surface area (Å²) in [4.78, 5) is 53.2. The van der Waals surface area contributed by atoms with Crippen LogP contribution in [0.1, 0.15) is 29.6 Å². The van der Waals surface area contributed by atoms with Gasteiger partial charge in [-0.3, -0.25) is 19.2 Å². The number of amides is 3. The minimum Gasteiger partial charge on any atom is -0.378 e. The molecular formula is C23H28N4O5. The van der Waals surface area contributed by atoms with E-state index >= 15 is 0 Å². The summed E-state index contributed by atoms with van der Waals surface area (Å²) in [6.07, 6.45) is 3.65. The lowest BCUT2D eigenvalue weighted by Gasteiger charge is -2.27. The van der Waals surface area contributed by atoms with E-state index in [1.807, 2.05) is 12.1 Å². The third-order valence-electron chi connectivity index (χ3n) is 5.97. The molecule has 0 saturated carbocycles. The van der Waals surface area contributed by atoms with E-state index in [2.05, 4.69) is 5.32 Å². The molecule has 0 aliphatic carbocycles. The van der Waals surface area contributed by atoms with Crippen LogP contribution < -0.4 is 5.32 Å². The van der Waals surface area contributed by atoms with Crippen LogP contribution in [0, 0.1) is 0 Å². The van der Waals surface area contributed by atoms with Gasteiger partial charge in [0.15, 0.2) is 0 Å². The predicted octanol–water partition coefficient (Wildman–Crippen LogP) is 0.812. The lowest BCUT2D eigenvalue weighted by molar-refractivity contribution is -0.135. The van der Waals surface area contributed by atoms with Crippen LogP contribution in [-0.2, 0) is 25.7 Å². The SMILES string of the molecule is O=C(NCCCN1CCCC1=O)C(=O)c1cn(CC(=O)N2CCOCC2)c2ccccc12. The first-order valence-corrected chi connectivity index (χ1v) is 11.1. The summed E-state index contributed by atoms with van der Waals surface area (Å²) in [7, 11) is 0. The molecule has 1 N–H and O–H groups in total. The minimum atomic E-state index is -0.680. The maximum atomic E-state index is 12.9. The van der Waals surface area contributed by atoms with Crippen LogP contribution in [0.4, 0.5) is 0 Å². The Bertz CT molecular complexity index is 1020. The number of benzene rings is 1. The molecule has 0 bridgehead atoms. The highest BCUT2D eigenvalue weighted by atomic mass is 16.5. The highest BCUT2D eigenvalue weighted by Gasteiger charge is 2.24. The molecule has 2 aliphatic rings. The topological polar surface area (TPSA) is 101 Å². The summed E-state index contributed by atoms with van der Waals surface area (Å²) in [6.45, 7) is 3.90. The van der Waals surface area contributed by atoms with Crippen molar-refractivity contribution in [3.63, 3.8) is 0 Å². The molecule has 9 nitrogen and oxygen atoms in total. The van der Waals surface area contributed by atoms with Crippen molar-refractivity contribution in [1.82, 2.24) is 19.7 Å². The summed E-state index contributed by atoms with van der Waals surface area (Å²) in [6, 6.07) is 7.26. The van der Waals surface area contributed by atoms with Crippen LogP contribution in [-0.4, -0.2) is 83.8 Å². The number of nitrogens with one attached hydrogen (secondary N) is 1. The fourth-order valence-electron chi connectivity index (χ4n) is 4.23. The van der Waals surface area contributed by atoms with Crippen LogP contribution >= 0.6 is 0 Å². The summed E-state index contributed by atoms with van der Waals surface area (Å²) in [5.74, 6) is -1.21. The molecule has 3 heterocycles. The van der Waals surface area contributed by atoms with Crippen LogP contribution in [0.15, 0.2) is 30.5 Å². The Morgan fingerprint density at radius 2 is 1.84 bits per heavy atom. The van der Waals surface area contributed by atoms with Crippen molar-refractivity contribution in [3.05, 3.63) is 36.0 Å². The number of morpholine rings is 1. The first-order valence-electron chi connectivity index (χ1n) is 11.1. The van der Waals surface area contributed by atoms with E-state index in [1.54, 1.807) is 32.7 Å². The van der Waals surface area contributed by atoms with E-state index in [4.69, 9.17) is 4.74 Å². The molecule has 0 spiro atoms. The van der Waals surface area contributed by atoms with Gasteiger partial charge in [-0.05, 0) is 18.9 Å². The Balaban J connectivity index is 1.40. The highest BCUT2D eigenvalue weighted by molar-refractivity contribution is 6.45. The molecule has 170 valence electrons. The number of para-hydroxylation sites is 1. The van der Waals surface area contributed by atoms with Crippen molar-refractivity contribution in [1.29, 1.82) is 0 Å². The zero-order valence-electron chi connectivity index (χ0n) is 18.0. The molecule has 0 radical (unpaired) electrons. The number of aromatic nitrogens is 1. The number of carbonyl (C=O) groups is 4. The normalized spacial score (nSPS) is 16.6. The van der Waals surface area contributed by atoms with E-state index in [-0.39, 0.29) is 23.9 Å². The van der Waals surface area contributed by atoms with Gasteiger partial charge in [-0.2, -0.15) is 0 Å². The average Bonchev–Trinajstić information content (AvgIpc) is 3.40. The van der Waals surface area contributed by atoms with Gasteiger partial charge in [0.25, 0.3) is 11.7 Å². The average molecular weight is 441 g/mol.